The molecule has 1 aromatic heterocycles. The third kappa shape index (κ3) is 3.22. The average Bonchev–Trinajstić information content (AvgIpc) is 2.27. The van der Waals surface area contributed by atoms with Crippen LogP contribution in [0.4, 0.5) is 5.82 Å². The molecular formula is C14H21N3O. The monoisotopic (exact) mass is 247 g/mol. The maximum atomic E-state index is 12.0. The van der Waals surface area contributed by atoms with Crippen LogP contribution in [0.5, 0.6) is 0 Å². The second kappa shape index (κ2) is 5.38. The Balaban J connectivity index is 1.99. The first-order chi connectivity index (χ1) is 8.54. The molecule has 0 spiro atoms. The zero-order valence-corrected chi connectivity index (χ0v) is 11.0. The topological polar surface area (TPSA) is 68.0 Å². The van der Waals surface area contributed by atoms with Gasteiger partial charge in [0.2, 0.25) is 0 Å². The van der Waals surface area contributed by atoms with Gasteiger partial charge in [0, 0.05) is 6.04 Å². The Hall–Kier alpha value is -1.58. The molecule has 1 amide bonds. The van der Waals surface area contributed by atoms with Gasteiger partial charge >= 0.3 is 0 Å². The molecular weight excluding hydrogens is 226 g/mol. The molecule has 1 saturated carbocycles. The van der Waals surface area contributed by atoms with Crippen molar-refractivity contribution in [1.82, 2.24) is 10.3 Å². The number of nitrogen functional groups attached to an aromatic ring is 1. The van der Waals surface area contributed by atoms with Gasteiger partial charge in [-0.15, -0.1) is 0 Å². The fraction of sp³-hybridized carbons (Fsp3) is 0.571. The summed E-state index contributed by atoms with van der Waals surface area (Å²) in [5.74, 6) is 1.61. The van der Waals surface area contributed by atoms with Gasteiger partial charge in [0.15, 0.2) is 0 Å². The quantitative estimate of drug-likeness (QED) is 0.842. The van der Waals surface area contributed by atoms with Crippen LogP contribution in [-0.4, -0.2) is 16.9 Å². The normalized spacial score (nSPS) is 27.8. The lowest BCUT2D eigenvalue weighted by Gasteiger charge is -2.31. The van der Waals surface area contributed by atoms with Crippen LogP contribution in [0.2, 0.25) is 0 Å². The van der Waals surface area contributed by atoms with Crippen LogP contribution >= 0.6 is 0 Å². The van der Waals surface area contributed by atoms with Gasteiger partial charge in [0.05, 0.1) is 0 Å². The lowest BCUT2D eigenvalue weighted by molar-refractivity contribution is 0.0906. The molecule has 1 fully saturated rings. The number of carbonyl (C=O) groups excluding carboxylic acids is 1. The van der Waals surface area contributed by atoms with Crippen LogP contribution in [0.3, 0.4) is 0 Å². The van der Waals surface area contributed by atoms with E-state index < -0.39 is 0 Å². The Morgan fingerprint density at radius 2 is 1.94 bits per heavy atom. The molecule has 98 valence electrons. The van der Waals surface area contributed by atoms with Crippen molar-refractivity contribution in [3.8, 4) is 0 Å². The first kappa shape index (κ1) is 12.9. The lowest BCUT2D eigenvalue weighted by atomic mass is 9.80. The third-order valence-corrected chi connectivity index (χ3v) is 3.52. The SMILES string of the molecule is CC1CC(C)CC(NC(=O)c2cccc(N)n2)C1. The highest BCUT2D eigenvalue weighted by Crippen LogP contribution is 2.28. The smallest absolute Gasteiger partial charge is 0.270 e. The van der Waals surface area contributed by atoms with Gasteiger partial charge in [-0.1, -0.05) is 19.9 Å². The summed E-state index contributed by atoms with van der Waals surface area (Å²) >= 11 is 0. The molecule has 4 nitrogen and oxygen atoms in total. The summed E-state index contributed by atoms with van der Waals surface area (Å²) in [6, 6.07) is 5.39. The van der Waals surface area contributed by atoms with E-state index in [1.54, 1.807) is 18.2 Å². The molecule has 3 N–H and O–H groups in total. The molecule has 1 aliphatic carbocycles. The number of rotatable bonds is 2. The number of pyridine rings is 1. The van der Waals surface area contributed by atoms with Gasteiger partial charge < -0.3 is 11.1 Å². The molecule has 0 radical (unpaired) electrons. The second-order valence-electron chi connectivity index (χ2n) is 5.54. The van der Waals surface area contributed by atoms with Gasteiger partial charge in [-0.05, 0) is 43.2 Å². The minimum atomic E-state index is -0.117. The van der Waals surface area contributed by atoms with Crippen LogP contribution in [0.25, 0.3) is 0 Å². The van der Waals surface area contributed by atoms with E-state index in [0.29, 0.717) is 23.3 Å². The molecule has 2 unspecified atom stereocenters. The van der Waals surface area contributed by atoms with Crippen LogP contribution < -0.4 is 11.1 Å². The Morgan fingerprint density at radius 3 is 2.56 bits per heavy atom. The van der Waals surface area contributed by atoms with E-state index in [0.717, 1.165) is 12.8 Å². The van der Waals surface area contributed by atoms with Gasteiger partial charge in [-0.25, -0.2) is 4.98 Å². The molecule has 0 aliphatic heterocycles. The van der Waals surface area contributed by atoms with Crippen molar-refractivity contribution >= 4 is 11.7 Å². The largest absolute Gasteiger partial charge is 0.384 e. The molecule has 0 bridgehead atoms. The van der Waals surface area contributed by atoms with Crippen LogP contribution in [0.1, 0.15) is 43.6 Å². The van der Waals surface area contributed by atoms with Crippen molar-refractivity contribution in [3.05, 3.63) is 23.9 Å². The fourth-order valence-corrected chi connectivity index (χ4v) is 2.90. The number of anilines is 1. The highest BCUT2D eigenvalue weighted by molar-refractivity contribution is 5.92. The summed E-state index contributed by atoms with van der Waals surface area (Å²) in [5, 5.41) is 3.07. The van der Waals surface area contributed by atoms with Crippen molar-refractivity contribution < 1.29 is 4.79 Å². The predicted molar refractivity (Wildman–Crippen MR) is 72.1 cm³/mol. The van der Waals surface area contributed by atoms with Crippen LogP contribution in [-0.2, 0) is 0 Å². The predicted octanol–water partition coefficient (Wildman–Crippen LogP) is 2.22. The number of nitrogens with two attached hydrogens (primary N) is 1. The van der Waals surface area contributed by atoms with Crippen molar-refractivity contribution in [2.24, 2.45) is 11.8 Å². The number of nitrogens with zero attached hydrogens (tertiary/aromatic N) is 1. The van der Waals surface area contributed by atoms with Crippen molar-refractivity contribution in [2.45, 2.75) is 39.2 Å². The molecule has 0 aromatic carbocycles. The van der Waals surface area contributed by atoms with Gasteiger partial charge in [0.1, 0.15) is 11.5 Å². The zero-order valence-electron chi connectivity index (χ0n) is 11.0. The molecule has 1 heterocycles. The number of hydrogen-bond acceptors (Lipinski definition) is 3. The van der Waals surface area contributed by atoms with E-state index in [1.807, 2.05) is 0 Å². The minimum Gasteiger partial charge on any atom is -0.384 e. The average molecular weight is 247 g/mol. The molecule has 4 heteroatoms. The summed E-state index contributed by atoms with van der Waals surface area (Å²) in [4.78, 5) is 16.1. The Bertz CT molecular complexity index is 423. The molecule has 1 aliphatic rings. The van der Waals surface area contributed by atoms with Crippen molar-refractivity contribution in [3.63, 3.8) is 0 Å². The Kier molecular flexibility index (Phi) is 3.84. The molecule has 0 saturated heterocycles. The third-order valence-electron chi connectivity index (χ3n) is 3.52. The Morgan fingerprint density at radius 1 is 1.28 bits per heavy atom. The zero-order chi connectivity index (χ0) is 13.1. The van der Waals surface area contributed by atoms with Crippen molar-refractivity contribution in [2.75, 3.05) is 5.73 Å². The second-order valence-corrected chi connectivity index (χ2v) is 5.54. The van der Waals surface area contributed by atoms with E-state index in [1.165, 1.54) is 6.42 Å². The van der Waals surface area contributed by atoms with E-state index in [-0.39, 0.29) is 11.9 Å². The van der Waals surface area contributed by atoms with Crippen molar-refractivity contribution in [1.29, 1.82) is 0 Å². The highest BCUT2D eigenvalue weighted by Gasteiger charge is 2.25. The van der Waals surface area contributed by atoms with Gasteiger partial charge in [-0.3, -0.25) is 4.79 Å². The lowest BCUT2D eigenvalue weighted by Crippen LogP contribution is -2.40. The molecule has 2 rings (SSSR count). The number of carbonyl (C=O) groups is 1. The maximum Gasteiger partial charge on any atom is 0.270 e. The first-order valence-corrected chi connectivity index (χ1v) is 6.58. The standard InChI is InChI=1S/C14H21N3O/c1-9-6-10(2)8-11(7-9)16-14(18)12-4-3-5-13(15)17-12/h3-5,9-11H,6-8H2,1-2H3,(H2,15,17)(H,16,18). The number of aromatic nitrogens is 1. The highest BCUT2D eigenvalue weighted by atomic mass is 16.1. The molecule has 18 heavy (non-hydrogen) atoms. The summed E-state index contributed by atoms with van der Waals surface area (Å²) in [6.45, 7) is 4.49. The summed E-state index contributed by atoms with van der Waals surface area (Å²) < 4.78 is 0. The summed E-state index contributed by atoms with van der Waals surface area (Å²) in [7, 11) is 0. The van der Waals surface area contributed by atoms with E-state index in [9.17, 15) is 4.79 Å². The fourth-order valence-electron chi connectivity index (χ4n) is 2.90. The van der Waals surface area contributed by atoms with Crippen LogP contribution in [0, 0.1) is 11.8 Å². The van der Waals surface area contributed by atoms with E-state index >= 15 is 0 Å². The summed E-state index contributed by atoms with van der Waals surface area (Å²) in [5.41, 5.74) is 5.99. The van der Waals surface area contributed by atoms with E-state index in [2.05, 4.69) is 24.1 Å². The Labute approximate surface area is 108 Å². The molecule has 1 aromatic rings. The number of amides is 1. The minimum absolute atomic E-state index is 0.117. The van der Waals surface area contributed by atoms with Crippen LogP contribution in [0.15, 0.2) is 18.2 Å². The first-order valence-electron chi connectivity index (χ1n) is 6.58. The van der Waals surface area contributed by atoms with Gasteiger partial charge in [0.25, 0.3) is 5.91 Å². The summed E-state index contributed by atoms with van der Waals surface area (Å²) in [6.07, 6.45) is 3.36. The molecule has 2 atom stereocenters. The number of hydrogen-bond donors (Lipinski definition) is 2. The van der Waals surface area contributed by atoms with E-state index in [4.69, 9.17) is 5.73 Å². The maximum absolute atomic E-state index is 12.0. The number of nitrogens with one attached hydrogen (secondary N) is 1. The van der Waals surface area contributed by atoms with Gasteiger partial charge in [-0.2, -0.15) is 0 Å².